The first-order valence-electron chi connectivity index (χ1n) is 8.97. The number of nitrogens with one attached hydrogen (secondary N) is 1. The number of thioether (sulfide) groups is 1. The van der Waals surface area contributed by atoms with Crippen LogP contribution in [-0.2, 0) is 15.7 Å². The van der Waals surface area contributed by atoms with Gasteiger partial charge in [-0.3, -0.25) is 9.59 Å². The lowest BCUT2D eigenvalue weighted by Gasteiger charge is -2.27. The summed E-state index contributed by atoms with van der Waals surface area (Å²) in [4.78, 5) is 27.5. The van der Waals surface area contributed by atoms with Crippen molar-refractivity contribution in [1.29, 1.82) is 0 Å². The Labute approximate surface area is 175 Å². The number of anilines is 1. The summed E-state index contributed by atoms with van der Waals surface area (Å²) in [6, 6.07) is 9.66. The number of halogens is 3. The average Bonchev–Trinajstić information content (AvgIpc) is 2.71. The molecule has 0 fully saturated rings. The molecule has 5 nitrogen and oxygen atoms in total. The minimum atomic E-state index is -4.41. The van der Waals surface area contributed by atoms with E-state index >= 15 is 0 Å². The molecule has 1 heterocycles. The monoisotopic (exact) mass is 436 g/mol. The number of carbonyl (C=O) groups excluding carboxylic acids is 2. The van der Waals surface area contributed by atoms with Gasteiger partial charge in [0.1, 0.15) is 0 Å². The number of benzene rings is 2. The van der Waals surface area contributed by atoms with E-state index in [1.165, 1.54) is 28.8 Å². The molecule has 2 aromatic carbocycles. The SMILES string of the molecule is COCCNC(=O)c1ccc2c(c1)N(C)C(=O)C(=Cc1ccc(C(F)(F)F)cc1)S2. The van der Waals surface area contributed by atoms with Crippen LogP contribution in [0.2, 0.25) is 0 Å². The van der Waals surface area contributed by atoms with Gasteiger partial charge in [-0.25, -0.2) is 0 Å². The molecule has 30 heavy (non-hydrogen) atoms. The van der Waals surface area contributed by atoms with Gasteiger partial charge in [0, 0.05) is 31.2 Å². The van der Waals surface area contributed by atoms with Gasteiger partial charge in [-0.05, 0) is 42.0 Å². The van der Waals surface area contributed by atoms with E-state index in [4.69, 9.17) is 4.74 Å². The van der Waals surface area contributed by atoms with Crippen molar-refractivity contribution in [3.63, 3.8) is 0 Å². The number of rotatable bonds is 5. The van der Waals surface area contributed by atoms with Crippen LogP contribution in [0.1, 0.15) is 21.5 Å². The van der Waals surface area contributed by atoms with Crippen LogP contribution in [0.25, 0.3) is 6.08 Å². The smallest absolute Gasteiger partial charge is 0.383 e. The van der Waals surface area contributed by atoms with E-state index in [0.717, 1.165) is 17.0 Å². The summed E-state index contributed by atoms with van der Waals surface area (Å²) in [6.07, 6.45) is -2.86. The maximum Gasteiger partial charge on any atom is 0.416 e. The number of alkyl halides is 3. The lowest BCUT2D eigenvalue weighted by Crippen LogP contribution is -2.31. The molecular weight excluding hydrogens is 417 g/mol. The van der Waals surface area contributed by atoms with E-state index in [1.54, 1.807) is 38.4 Å². The third-order valence-electron chi connectivity index (χ3n) is 4.45. The van der Waals surface area contributed by atoms with Gasteiger partial charge in [0.25, 0.3) is 11.8 Å². The van der Waals surface area contributed by atoms with E-state index in [2.05, 4.69) is 5.32 Å². The number of amides is 2. The van der Waals surface area contributed by atoms with Crippen LogP contribution in [0.3, 0.4) is 0 Å². The molecule has 9 heteroatoms. The molecule has 2 amide bonds. The minimum Gasteiger partial charge on any atom is -0.383 e. The molecule has 0 aliphatic carbocycles. The summed E-state index contributed by atoms with van der Waals surface area (Å²) >= 11 is 1.21. The predicted molar refractivity (Wildman–Crippen MR) is 109 cm³/mol. The highest BCUT2D eigenvalue weighted by molar-refractivity contribution is 8.04. The molecule has 0 spiro atoms. The molecule has 0 saturated heterocycles. The van der Waals surface area contributed by atoms with Crippen molar-refractivity contribution in [2.24, 2.45) is 0 Å². The van der Waals surface area contributed by atoms with Crippen LogP contribution in [-0.4, -0.2) is 39.1 Å². The van der Waals surface area contributed by atoms with E-state index in [9.17, 15) is 22.8 Å². The highest BCUT2D eigenvalue weighted by Gasteiger charge is 2.30. The zero-order valence-corrected chi connectivity index (χ0v) is 17.1. The lowest BCUT2D eigenvalue weighted by atomic mass is 10.1. The summed E-state index contributed by atoms with van der Waals surface area (Å²) in [5.41, 5.74) is 0.755. The fourth-order valence-corrected chi connectivity index (χ4v) is 3.92. The quantitative estimate of drug-likeness (QED) is 0.564. The first kappa shape index (κ1) is 21.9. The Hall–Kier alpha value is -2.78. The van der Waals surface area contributed by atoms with Gasteiger partial charge in [0.2, 0.25) is 0 Å². The number of fused-ring (bicyclic) bond motifs is 1. The number of ether oxygens (including phenoxy) is 1. The predicted octanol–water partition coefficient (Wildman–Crippen LogP) is 4.19. The molecule has 3 rings (SSSR count). The van der Waals surface area contributed by atoms with Gasteiger partial charge in [0.05, 0.1) is 22.8 Å². The van der Waals surface area contributed by atoms with Gasteiger partial charge < -0.3 is 15.0 Å². The highest BCUT2D eigenvalue weighted by atomic mass is 32.2. The Morgan fingerprint density at radius 3 is 2.53 bits per heavy atom. The van der Waals surface area contributed by atoms with Gasteiger partial charge >= 0.3 is 6.18 Å². The van der Waals surface area contributed by atoms with Crippen molar-refractivity contribution in [2.45, 2.75) is 11.1 Å². The Bertz CT molecular complexity index is 988. The van der Waals surface area contributed by atoms with E-state index in [-0.39, 0.29) is 11.8 Å². The number of carbonyl (C=O) groups is 2. The molecule has 0 bridgehead atoms. The molecule has 0 aromatic heterocycles. The topological polar surface area (TPSA) is 58.6 Å². The maximum absolute atomic E-state index is 12.8. The molecule has 1 N–H and O–H groups in total. The number of methoxy groups -OCH3 is 1. The Kier molecular flexibility index (Phi) is 6.52. The van der Waals surface area contributed by atoms with Gasteiger partial charge in [-0.15, -0.1) is 0 Å². The molecule has 0 atom stereocenters. The summed E-state index contributed by atoms with van der Waals surface area (Å²) in [5.74, 6) is -0.573. The van der Waals surface area contributed by atoms with E-state index in [1.807, 2.05) is 0 Å². The number of likely N-dealkylation sites (N-methyl/N-ethyl adjacent to an activating group) is 1. The van der Waals surface area contributed by atoms with Crippen LogP contribution >= 0.6 is 11.8 Å². The fourth-order valence-electron chi connectivity index (χ4n) is 2.82. The Balaban J connectivity index is 1.82. The number of hydrogen-bond acceptors (Lipinski definition) is 4. The van der Waals surface area contributed by atoms with Crippen LogP contribution in [0.5, 0.6) is 0 Å². The van der Waals surface area contributed by atoms with Crippen LogP contribution in [0, 0.1) is 0 Å². The van der Waals surface area contributed by atoms with E-state index in [0.29, 0.717) is 34.9 Å². The zero-order chi connectivity index (χ0) is 21.9. The van der Waals surface area contributed by atoms with E-state index < -0.39 is 11.7 Å². The molecular formula is C21H19F3N2O3S. The standard InChI is InChI=1S/C21H19F3N2O3S/c1-26-16-12-14(19(27)25-9-10-29-2)5-8-17(16)30-18(20(26)28)11-13-3-6-15(7-4-13)21(22,23)24/h3-8,11-12H,9-10H2,1-2H3,(H,25,27). The summed E-state index contributed by atoms with van der Waals surface area (Å²) < 4.78 is 43.1. The van der Waals surface area contributed by atoms with Crippen molar-refractivity contribution in [1.82, 2.24) is 5.32 Å². The van der Waals surface area contributed by atoms with Crippen molar-refractivity contribution in [3.8, 4) is 0 Å². The number of nitrogens with zero attached hydrogens (tertiary/aromatic N) is 1. The summed E-state index contributed by atoms with van der Waals surface area (Å²) in [6.45, 7) is 0.763. The first-order chi connectivity index (χ1) is 14.2. The Morgan fingerprint density at radius 1 is 1.20 bits per heavy atom. The number of hydrogen-bond donors (Lipinski definition) is 1. The van der Waals surface area contributed by atoms with Crippen LogP contribution in [0.4, 0.5) is 18.9 Å². The summed E-state index contributed by atoms with van der Waals surface area (Å²) in [5, 5.41) is 2.72. The largest absolute Gasteiger partial charge is 0.416 e. The van der Waals surface area contributed by atoms with Crippen LogP contribution in [0.15, 0.2) is 52.3 Å². The summed E-state index contributed by atoms with van der Waals surface area (Å²) in [7, 11) is 3.13. The van der Waals surface area contributed by atoms with Crippen molar-refractivity contribution < 1.29 is 27.5 Å². The second-order valence-corrected chi connectivity index (χ2v) is 7.61. The Morgan fingerprint density at radius 2 is 1.90 bits per heavy atom. The second kappa shape index (κ2) is 8.93. The van der Waals surface area contributed by atoms with Crippen LogP contribution < -0.4 is 10.2 Å². The highest BCUT2D eigenvalue weighted by Crippen LogP contribution is 2.42. The fraction of sp³-hybridized carbons (Fsp3) is 0.238. The van der Waals surface area contributed by atoms with Gasteiger partial charge in [-0.1, -0.05) is 23.9 Å². The third-order valence-corrected chi connectivity index (χ3v) is 5.52. The minimum absolute atomic E-state index is 0.271. The molecule has 0 unspecified atom stereocenters. The maximum atomic E-state index is 12.8. The lowest BCUT2D eigenvalue weighted by molar-refractivity contribution is -0.137. The normalized spacial score (nSPS) is 15.3. The molecule has 0 saturated carbocycles. The van der Waals surface area contributed by atoms with Gasteiger partial charge in [-0.2, -0.15) is 13.2 Å². The molecule has 0 radical (unpaired) electrons. The third kappa shape index (κ3) is 4.85. The molecule has 158 valence electrons. The van der Waals surface area contributed by atoms with Crippen molar-refractivity contribution in [2.75, 3.05) is 32.2 Å². The molecule has 1 aliphatic heterocycles. The van der Waals surface area contributed by atoms with Crippen molar-refractivity contribution >= 4 is 35.3 Å². The molecule has 2 aromatic rings. The van der Waals surface area contributed by atoms with Gasteiger partial charge in [0.15, 0.2) is 0 Å². The van der Waals surface area contributed by atoms with Crippen molar-refractivity contribution in [3.05, 3.63) is 64.1 Å². The average molecular weight is 436 g/mol. The molecule has 1 aliphatic rings. The first-order valence-corrected chi connectivity index (χ1v) is 9.78. The zero-order valence-electron chi connectivity index (χ0n) is 16.2. The second-order valence-electron chi connectivity index (χ2n) is 6.53.